The largest absolute Gasteiger partial charge is 0.448 e. The van der Waals surface area contributed by atoms with Crippen LogP contribution in [0.3, 0.4) is 0 Å². The van der Waals surface area contributed by atoms with Crippen molar-refractivity contribution >= 4 is 35.3 Å². The molecular weight excluding hydrogens is 566 g/mol. The molecule has 2 aromatic rings. The molecule has 4 heterocycles. The Balaban J connectivity index is 1.26. The number of amides is 3. The number of hydrogen-bond donors (Lipinski definition) is 2. The highest BCUT2D eigenvalue weighted by Crippen LogP contribution is 2.51. The average Bonchev–Trinajstić information content (AvgIpc) is 3.27. The molecule has 0 spiro atoms. The number of carbonyl (C=O) groups excluding carboxylic acids is 2. The van der Waals surface area contributed by atoms with Crippen molar-refractivity contribution in [3.8, 4) is 11.5 Å². The Morgan fingerprint density at radius 2 is 1.80 bits per heavy atom. The maximum Gasteiger partial charge on any atom is 0.320 e. The summed E-state index contributed by atoms with van der Waals surface area (Å²) in [5.74, 6) is -3.67. The highest BCUT2D eigenvalue weighted by molar-refractivity contribution is 7.98. The number of piperidine rings is 1. The first-order chi connectivity index (χ1) is 18.8. The number of fused-ring (bicyclic) bond motifs is 1. The number of H-pyrrole nitrogens is 1. The summed E-state index contributed by atoms with van der Waals surface area (Å²) in [7, 11) is 0. The number of thioether (sulfide) groups is 1. The molecule has 3 amide bonds. The van der Waals surface area contributed by atoms with Crippen molar-refractivity contribution in [2.75, 3.05) is 32.4 Å². The SMILES string of the molecule is CSc1cc(C)[nH]c(=O)c1CNC(=O)c1cc(Cl)c2c(c1C)OC(C)(C1CCN(C(=O)N3CC(F)(F)C3)CC1)O2. The van der Waals surface area contributed by atoms with Crippen molar-refractivity contribution in [2.45, 2.75) is 56.8 Å². The maximum absolute atomic E-state index is 13.2. The molecule has 3 aliphatic rings. The Morgan fingerprint density at radius 3 is 2.42 bits per heavy atom. The number of pyridine rings is 1. The van der Waals surface area contributed by atoms with Gasteiger partial charge in [-0.3, -0.25) is 9.59 Å². The normalized spacial score (nSPS) is 21.8. The monoisotopic (exact) mass is 596 g/mol. The highest BCUT2D eigenvalue weighted by atomic mass is 35.5. The standard InChI is InChI=1S/C27H31ClF2N4O5S/c1-14-9-20(40-4)18(24(36)32-14)11-31-23(35)17-10-19(28)22-21(15(17)2)38-26(3,39-22)16-5-7-33(8-6-16)25(37)34-12-27(29,30)13-34/h9-10,16H,5-8,11-13H2,1-4H3,(H,31,35)(H,32,36). The summed E-state index contributed by atoms with van der Waals surface area (Å²) in [5, 5.41) is 3.04. The van der Waals surface area contributed by atoms with Crippen LogP contribution >= 0.6 is 23.4 Å². The Bertz CT molecular complexity index is 1420. The fraction of sp³-hybridized carbons (Fsp3) is 0.519. The number of urea groups is 1. The second-order valence-corrected chi connectivity index (χ2v) is 11.9. The molecule has 0 bridgehead atoms. The van der Waals surface area contributed by atoms with Gasteiger partial charge in [0.15, 0.2) is 11.5 Å². The molecule has 1 atom stereocenters. The van der Waals surface area contributed by atoms with Crippen LogP contribution in [0.4, 0.5) is 13.6 Å². The van der Waals surface area contributed by atoms with Crippen molar-refractivity contribution in [3.05, 3.63) is 49.9 Å². The Morgan fingerprint density at radius 1 is 1.15 bits per heavy atom. The van der Waals surface area contributed by atoms with E-state index in [1.54, 1.807) is 25.7 Å². The predicted molar refractivity (Wildman–Crippen MR) is 147 cm³/mol. The van der Waals surface area contributed by atoms with Crippen molar-refractivity contribution in [3.63, 3.8) is 0 Å². The summed E-state index contributed by atoms with van der Waals surface area (Å²) >= 11 is 7.98. The molecule has 216 valence electrons. The van der Waals surface area contributed by atoms with Gasteiger partial charge in [-0.15, -0.1) is 11.8 Å². The molecular formula is C27H31ClF2N4O5S. The van der Waals surface area contributed by atoms with E-state index in [-0.39, 0.29) is 29.1 Å². The summed E-state index contributed by atoms with van der Waals surface area (Å²) < 4.78 is 38.9. The van der Waals surface area contributed by atoms with Crippen molar-refractivity contribution in [1.82, 2.24) is 20.1 Å². The Kier molecular flexibility index (Phi) is 7.45. The van der Waals surface area contributed by atoms with Gasteiger partial charge in [0.05, 0.1) is 18.1 Å². The zero-order chi connectivity index (χ0) is 29.0. The fourth-order valence-corrected chi connectivity index (χ4v) is 6.43. The molecule has 2 saturated heterocycles. The molecule has 1 aromatic heterocycles. The fourth-order valence-electron chi connectivity index (χ4n) is 5.49. The number of likely N-dealkylation sites (tertiary alicyclic amines) is 2. The van der Waals surface area contributed by atoms with Gasteiger partial charge in [-0.25, -0.2) is 13.6 Å². The Hall–Kier alpha value is -2.99. The second kappa shape index (κ2) is 10.4. The number of benzene rings is 1. The third-order valence-corrected chi connectivity index (χ3v) is 8.88. The maximum atomic E-state index is 13.2. The molecule has 13 heteroatoms. The zero-order valence-electron chi connectivity index (χ0n) is 22.7. The molecule has 0 radical (unpaired) electrons. The van der Waals surface area contributed by atoms with Crippen LogP contribution in [0.2, 0.25) is 5.02 Å². The minimum Gasteiger partial charge on any atom is -0.448 e. The lowest BCUT2D eigenvalue weighted by atomic mass is 9.89. The topological polar surface area (TPSA) is 104 Å². The number of aromatic nitrogens is 1. The van der Waals surface area contributed by atoms with E-state index >= 15 is 0 Å². The van der Waals surface area contributed by atoms with E-state index in [1.807, 2.05) is 12.3 Å². The first kappa shape index (κ1) is 28.5. The molecule has 1 aromatic carbocycles. The van der Waals surface area contributed by atoms with E-state index in [1.165, 1.54) is 17.8 Å². The van der Waals surface area contributed by atoms with E-state index in [0.717, 1.165) is 15.5 Å². The van der Waals surface area contributed by atoms with Crippen LogP contribution in [0.15, 0.2) is 21.8 Å². The van der Waals surface area contributed by atoms with Crippen LogP contribution in [-0.4, -0.2) is 70.9 Å². The molecule has 2 N–H and O–H groups in total. The number of rotatable bonds is 5. The van der Waals surface area contributed by atoms with Crippen molar-refractivity contribution in [1.29, 1.82) is 0 Å². The number of halogens is 3. The van der Waals surface area contributed by atoms with E-state index in [0.29, 0.717) is 54.1 Å². The number of aromatic amines is 1. The number of nitrogens with one attached hydrogen (secondary N) is 2. The van der Waals surface area contributed by atoms with Gasteiger partial charge in [-0.05, 0) is 45.1 Å². The number of ether oxygens (including phenoxy) is 2. The number of alkyl halides is 2. The first-order valence-electron chi connectivity index (χ1n) is 13.0. The summed E-state index contributed by atoms with van der Waals surface area (Å²) in [6.45, 7) is 5.08. The predicted octanol–water partition coefficient (Wildman–Crippen LogP) is 4.57. The van der Waals surface area contributed by atoms with Gasteiger partial charge < -0.3 is 29.6 Å². The van der Waals surface area contributed by atoms with Gasteiger partial charge in [-0.2, -0.15) is 0 Å². The van der Waals surface area contributed by atoms with E-state index in [4.69, 9.17) is 21.1 Å². The van der Waals surface area contributed by atoms with E-state index < -0.39 is 30.7 Å². The number of hydrogen-bond acceptors (Lipinski definition) is 6. The molecule has 3 aliphatic heterocycles. The summed E-state index contributed by atoms with van der Waals surface area (Å²) in [5.41, 5.74) is 1.81. The second-order valence-electron chi connectivity index (χ2n) is 10.7. The van der Waals surface area contributed by atoms with Crippen LogP contribution in [0, 0.1) is 19.8 Å². The van der Waals surface area contributed by atoms with Crippen LogP contribution in [0.1, 0.15) is 46.9 Å². The first-order valence-corrected chi connectivity index (χ1v) is 14.6. The summed E-state index contributed by atoms with van der Waals surface area (Å²) in [6, 6.07) is 3.01. The lowest BCUT2D eigenvalue weighted by Gasteiger charge is -2.44. The van der Waals surface area contributed by atoms with Gasteiger partial charge in [0.2, 0.25) is 0 Å². The van der Waals surface area contributed by atoms with Crippen LogP contribution in [0.5, 0.6) is 11.5 Å². The molecule has 0 aliphatic carbocycles. The number of carbonyl (C=O) groups is 2. The lowest BCUT2D eigenvalue weighted by Crippen LogP contribution is -2.62. The molecule has 2 fully saturated rings. The Labute approximate surface area is 239 Å². The third kappa shape index (κ3) is 5.23. The molecule has 5 rings (SSSR count). The van der Waals surface area contributed by atoms with Gasteiger partial charge >= 0.3 is 6.03 Å². The summed E-state index contributed by atoms with van der Waals surface area (Å²) in [6.07, 6.45) is 2.97. The van der Waals surface area contributed by atoms with Gasteiger partial charge in [0, 0.05) is 59.8 Å². The average molecular weight is 597 g/mol. The van der Waals surface area contributed by atoms with Crippen molar-refractivity contribution in [2.24, 2.45) is 5.92 Å². The van der Waals surface area contributed by atoms with Crippen LogP contribution in [-0.2, 0) is 6.54 Å². The molecule has 1 unspecified atom stereocenters. The van der Waals surface area contributed by atoms with Gasteiger partial charge in [0.25, 0.3) is 23.2 Å². The van der Waals surface area contributed by atoms with E-state index in [2.05, 4.69) is 10.3 Å². The number of nitrogens with zero attached hydrogens (tertiary/aromatic N) is 2. The molecule has 0 saturated carbocycles. The smallest absolute Gasteiger partial charge is 0.320 e. The minimum atomic E-state index is -2.80. The van der Waals surface area contributed by atoms with Crippen molar-refractivity contribution < 1.29 is 27.8 Å². The summed E-state index contributed by atoms with van der Waals surface area (Å²) in [4.78, 5) is 44.5. The number of aryl methyl sites for hydroxylation is 1. The highest BCUT2D eigenvalue weighted by Gasteiger charge is 2.50. The quantitative estimate of drug-likeness (QED) is 0.490. The zero-order valence-corrected chi connectivity index (χ0v) is 24.2. The minimum absolute atomic E-state index is 0.0419. The van der Waals surface area contributed by atoms with Crippen LogP contribution in [0.25, 0.3) is 0 Å². The van der Waals surface area contributed by atoms with E-state index in [9.17, 15) is 23.2 Å². The van der Waals surface area contributed by atoms with Gasteiger partial charge in [-0.1, -0.05) is 11.6 Å². The third-order valence-electron chi connectivity index (χ3n) is 7.79. The van der Waals surface area contributed by atoms with Crippen LogP contribution < -0.4 is 20.3 Å². The molecule has 40 heavy (non-hydrogen) atoms. The van der Waals surface area contributed by atoms with Gasteiger partial charge in [0.1, 0.15) is 0 Å². The lowest BCUT2D eigenvalue weighted by molar-refractivity contribution is -0.129. The molecule has 9 nitrogen and oxygen atoms in total.